The highest BCUT2D eigenvalue weighted by Crippen LogP contribution is 2.32. The zero-order valence-electron chi connectivity index (χ0n) is 11.0. The Hall–Kier alpha value is -1.03. The van der Waals surface area contributed by atoms with Gasteiger partial charge in [0.15, 0.2) is 0 Å². The van der Waals surface area contributed by atoms with Crippen LogP contribution in [0.5, 0.6) is 0 Å². The minimum atomic E-state index is -0.300. The lowest BCUT2D eigenvalue weighted by Gasteiger charge is -2.12. The van der Waals surface area contributed by atoms with Crippen LogP contribution in [0, 0.1) is 0 Å². The average Bonchev–Trinajstić information content (AvgIpc) is 2.43. The van der Waals surface area contributed by atoms with Crippen molar-refractivity contribution in [3.8, 4) is 0 Å². The van der Waals surface area contributed by atoms with E-state index in [1.165, 1.54) is 16.0 Å². The summed E-state index contributed by atoms with van der Waals surface area (Å²) in [5.41, 5.74) is 9.26. The fourth-order valence-electron chi connectivity index (χ4n) is 1.65. The summed E-state index contributed by atoms with van der Waals surface area (Å²) in [5, 5.41) is 10.9. The molecule has 0 saturated heterocycles. The molecule has 0 bridgehead atoms. The van der Waals surface area contributed by atoms with E-state index in [-0.39, 0.29) is 12.6 Å². The molecule has 0 aromatic heterocycles. The summed E-state index contributed by atoms with van der Waals surface area (Å²) >= 11 is 1.65. The van der Waals surface area contributed by atoms with Gasteiger partial charge in [-0.05, 0) is 29.9 Å². The maximum absolute atomic E-state index is 9.03. The molecule has 1 rings (SSSR count). The largest absolute Gasteiger partial charge is 0.394 e. The van der Waals surface area contributed by atoms with Gasteiger partial charge in [0.05, 0.1) is 12.6 Å². The Bertz CT molecular complexity index is 423. The average molecular weight is 263 g/mol. The van der Waals surface area contributed by atoms with Crippen LogP contribution in [-0.2, 0) is 0 Å². The summed E-state index contributed by atoms with van der Waals surface area (Å²) in [6.45, 7) is 8.03. The lowest BCUT2D eigenvalue weighted by Crippen LogP contribution is -2.14. The Kier molecular flexibility index (Phi) is 6.19. The smallest absolute Gasteiger partial charge is 0.0624 e. The predicted octanol–water partition coefficient (Wildman–Crippen LogP) is 3.70. The van der Waals surface area contributed by atoms with E-state index in [0.717, 1.165) is 12.0 Å². The summed E-state index contributed by atoms with van der Waals surface area (Å²) in [6, 6.07) is 7.75. The molecular formula is C15H21NOS. The van der Waals surface area contributed by atoms with Crippen LogP contribution in [0.25, 0.3) is 4.91 Å². The van der Waals surface area contributed by atoms with Gasteiger partial charge in [0.2, 0.25) is 0 Å². The first-order valence-electron chi connectivity index (χ1n) is 6.08. The standard InChI is InChI=1S/C15H21NOS/c1-4-11(3)15(18-5-2)13-8-6-12(7-9-13)14(16)10-17/h5-9,14,17H,2,4,10,16H2,1,3H3/b15-11-. The number of benzene rings is 1. The lowest BCUT2D eigenvalue weighted by atomic mass is 10.0. The second kappa shape index (κ2) is 7.41. The van der Waals surface area contributed by atoms with Crippen LogP contribution in [0.3, 0.4) is 0 Å². The number of hydrogen-bond acceptors (Lipinski definition) is 3. The zero-order chi connectivity index (χ0) is 13.5. The Labute approximate surface area is 114 Å². The van der Waals surface area contributed by atoms with Gasteiger partial charge in [-0.2, -0.15) is 0 Å². The second-order valence-electron chi connectivity index (χ2n) is 4.16. The van der Waals surface area contributed by atoms with Crippen molar-refractivity contribution in [3.63, 3.8) is 0 Å². The minimum Gasteiger partial charge on any atom is -0.394 e. The highest BCUT2D eigenvalue weighted by molar-refractivity contribution is 8.10. The minimum absolute atomic E-state index is 0.0303. The normalized spacial score (nSPS) is 14.0. The van der Waals surface area contributed by atoms with E-state index in [2.05, 4.69) is 32.6 Å². The molecule has 3 N–H and O–H groups in total. The lowest BCUT2D eigenvalue weighted by molar-refractivity contribution is 0.268. The van der Waals surface area contributed by atoms with Crippen molar-refractivity contribution in [3.05, 3.63) is 53.0 Å². The monoisotopic (exact) mass is 263 g/mol. The first-order chi connectivity index (χ1) is 8.63. The molecule has 1 atom stereocenters. The highest BCUT2D eigenvalue weighted by atomic mass is 32.2. The van der Waals surface area contributed by atoms with Gasteiger partial charge in [0.1, 0.15) is 0 Å². The second-order valence-corrected chi connectivity index (χ2v) is 5.14. The number of aliphatic hydroxyl groups excluding tert-OH is 1. The molecule has 1 aromatic carbocycles. The Morgan fingerprint density at radius 3 is 2.50 bits per heavy atom. The Morgan fingerprint density at radius 2 is 2.06 bits per heavy atom. The number of rotatable bonds is 6. The molecule has 3 heteroatoms. The molecular weight excluding hydrogens is 242 g/mol. The summed E-state index contributed by atoms with van der Waals surface area (Å²) in [6.07, 6.45) is 1.02. The van der Waals surface area contributed by atoms with Crippen molar-refractivity contribution in [2.45, 2.75) is 26.3 Å². The molecule has 0 aliphatic rings. The fraction of sp³-hybridized carbons (Fsp3) is 0.333. The van der Waals surface area contributed by atoms with Crippen LogP contribution in [0.15, 0.2) is 41.8 Å². The van der Waals surface area contributed by atoms with Crippen LogP contribution in [0.1, 0.15) is 37.4 Å². The first kappa shape index (κ1) is 15.0. The van der Waals surface area contributed by atoms with E-state index in [9.17, 15) is 0 Å². The van der Waals surface area contributed by atoms with E-state index in [0.29, 0.717) is 0 Å². The van der Waals surface area contributed by atoms with Gasteiger partial charge in [0, 0.05) is 4.91 Å². The van der Waals surface area contributed by atoms with Crippen LogP contribution in [-0.4, -0.2) is 11.7 Å². The van der Waals surface area contributed by atoms with Gasteiger partial charge in [-0.1, -0.05) is 55.1 Å². The molecule has 0 aliphatic carbocycles. The molecule has 2 nitrogen and oxygen atoms in total. The maximum Gasteiger partial charge on any atom is 0.0624 e. The van der Waals surface area contributed by atoms with Crippen LogP contribution in [0.2, 0.25) is 0 Å². The van der Waals surface area contributed by atoms with Gasteiger partial charge in [-0.25, -0.2) is 0 Å². The van der Waals surface area contributed by atoms with Crippen LogP contribution >= 0.6 is 11.8 Å². The number of aliphatic hydroxyl groups is 1. The third-order valence-electron chi connectivity index (χ3n) is 2.92. The molecule has 0 spiro atoms. The van der Waals surface area contributed by atoms with Crippen LogP contribution < -0.4 is 5.73 Å². The van der Waals surface area contributed by atoms with Crippen molar-refractivity contribution in [1.82, 2.24) is 0 Å². The molecule has 0 radical (unpaired) electrons. The molecule has 0 amide bonds. The zero-order valence-corrected chi connectivity index (χ0v) is 11.8. The summed E-state index contributed by atoms with van der Waals surface area (Å²) in [4.78, 5) is 1.25. The molecule has 1 aromatic rings. The molecule has 18 heavy (non-hydrogen) atoms. The number of allylic oxidation sites excluding steroid dienone is 1. The summed E-state index contributed by atoms with van der Waals surface area (Å²) in [5.74, 6) is 0. The van der Waals surface area contributed by atoms with E-state index < -0.39 is 0 Å². The molecule has 0 fully saturated rings. The molecule has 0 saturated carbocycles. The van der Waals surface area contributed by atoms with Crippen LogP contribution in [0.4, 0.5) is 0 Å². The summed E-state index contributed by atoms with van der Waals surface area (Å²) in [7, 11) is 0. The number of hydrogen-bond donors (Lipinski definition) is 2. The van der Waals surface area contributed by atoms with Gasteiger partial charge in [0.25, 0.3) is 0 Å². The number of nitrogens with two attached hydrogens (primary N) is 1. The van der Waals surface area contributed by atoms with E-state index >= 15 is 0 Å². The SMILES string of the molecule is C=CS/C(=C(/C)CC)c1ccc(C(N)CO)cc1. The quantitative estimate of drug-likeness (QED) is 0.822. The molecule has 0 heterocycles. The van der Waals surface area contributed by atoms with Crippen molar-refractivity contribution in [2.75, 3.05) is 6.61 Å². The van der Waals surface area contributed by atoms with Crippen molar-refractivity contribution >= 4 is 16.7 Å². The highest BCUT2D eigenvalue weighted by Gasteiger charge is 2.07. The Balaban J connectivity index is 3.05. The van der Waals surface area contributed by atoms with E-state index in [1.807, 2.05) is 17.5 Å². The van der Waals surface area contributed by atoms with Crippen molar-refractivity contribution in [1.29, 1.82) is 0 Å². The maximum atomic E-state index is 9.03. The third kappa shape index (κ3) is 3.73. The van der Waals surface area contributed by atoms with E-state index in [1.54, 1.807) is 11.8 Å². The first-order valence-corrected chi connectivity index (χ1v) is 6.96. The van der Waals surface area contributed by atoms with Gasteiger partial charge >= 0.3 is 0 Å². The molecule has 0 aliphatic heterocycles. The third-order valence-corrected chi connectivity index (χ3v) is 3.90. The van der Waals surface area contributed by atoms with Gasteiger partial charge < -0.3 is 10.8 Å². The molecule has 98 valence electrons. The van der Waals surface area contributed by atoms with Crippen molar-refractivity contribution in [2.24, 2.45) is 5.73 Å². The summed E-state index contributed by atoms with van der Waals surface area (Å²) < 4.78 is 0. The molecule has 1 unspecified atom stereocenters. The fourth-order valence-corrected chi connectivity index (χ4v) is 2.43. The van der Waals surface area contributed by atoms with Gasteiger partial charge in [-0.15, -0.1) is 0 Å². The number of thioether (sulfide) groups is 1. The predicted molar refractivity (Wildman–Crippen MR) is 81.1 cm³/mol. The topological polar surface area (TPSA) is 46.2 Å². The van der Waals surface area contributed by atoms with E-state index in [4.69, 9.17) is 10.8 Å². The Morgan fingerprint density at radius 1 is 1.44 bits per heavy atom. The van der Waals surface area contributed by atoms with Crippen molar-refractivity contribution < 1.29 is 5.11 Å². The van der Waals surface area contributed by atoms with Gasteiger partial charge in [-0.3, -0.25) is 0 Å².